The third kappa shape index (κ3) is 8.61. The van der Waals surface area contributed by atoms with Crippen LogP contribution in [-0.2, 0) is 9.84 Å². The van der Waals surface area contributed by atoms with Gasteiger partial charge in [-0.2, -0.15) is 0 Å². The van der Waals surface area contributed by atoms with Gasteiger partial charge in [0.2, 0.25) is 0 Å². The summed E-state index contributed by atoms with van der Waals surface area (Å²) >= 11 is 0. The van der Waals surface area contributed by atoms with Crippen LogP contribution in [0.5, 0.6) is 0 Å². The van der Waals surface area contributed by atoms with Crippen molar-refractivity contribution in [1.29, 1.82) is 0 Å². The molecule has 0 saturated carbocycles. The van der Waals surface area contributed by atoms with Crippen molar-refractivity contribution in [3.63, 3.8) is 0 Å². The first-order chi connectivity index (χ1) is 7.78. The maximum absolute atomic E-state index is 11.1. The van der Waals surface area contributed by atoms with Crippen molar-refractivity contribution >= 4 is 9.84 Å². The number of rotatable bonds is 9. The van der Waals surface area contributed by atoms with Crippen LogP contribution in [-0.4, -0.2) is 33.0 Å². The van der Waals surface area contributed by atoms with Crippen molar-refractivity contribution in [2.75, 3.05) is 18.6 Å². The molecule has 0 saturated heterocycles. The highest BCUT2D eigenvalue weighted by Crippen LogP contribution is 2.21. The van der Waals surface area contributed by atoms with Gasteiger partial charge in [-0.15, -0.1) is 0 Å². The first-order valence-electron chi connectivity index (χ1n) is 6.69. The Labute approximate surface area is 107 Å². The summed E-state index contributed by atoms with van der Waals surface area (Å²) in [6, 6.07) is 0.467. The fourth-order valence-corrected chi connectivity index (χ4v) is 2.96. The zero-order valence-corrected chi connectivity index (χ0v) is 12.8. The first kappa shape index (κ1) is 16.9. The van der Waals surface area contributed by atoms with Crippen LogP contribution in [0.4, 0.5) is 0 Å². The minimum Gasteiger partial charge on any atom is -0.314 e. The highest BCUT2D eigenvalue weighted by molar-refractivity contribution is 7.90. The largest absolute Gasteiger partial charge is 0.314 e. The van der Waals surface area contributed by atoms with E-state index in [0.29, 0.717) is 23.6 Å². The summed E-state index contributed by atoms with van der Waals surface area (Å²) in [5.41, 5.74) is 0. The smallest absolute Gasteiger partial charge is 0.147 e. The van der Waals surface area contributed by atoms with Gasteiger partial charge in [0.1, 0.15) is 9.84 Å². The molecule has 0 aliphatic rings. The predicted molar refractivity (Wildman–Crippen MR) is 75.0 cm³/mol. The van der Waals surface area contributed by atoms with Crippen molar-refractivity contribution in [1.82, 2.24) is 5.32 Å². The molecule has 0 aromatic carbocycles. The Hall–Kier alpha value is -0.0900. The van der Waals surface area contributed by atoms with E-state index >= 15 is 0 Å². The number of nitrogens with one attached hydrogen (secondary N) is 1. The zero-order chi connectivity index (χ0) is 13.5. The lowest BCUT2D eigenvalue weighted by Crippen LogP contribution is -2.36. The molecule has 1 N–H and O–H groups in total. The quantitative estimate of drug-likeness (QED) is 0.695. The van der Waals surface area contributed by atoms with Gasteiger partial charge in [0.25, 0.3) is 0 Å². The van der Waals surface area contributed by atoms with E-state index in [0.717, 1.165) is 25.8 Å². The van der Waals surface area contributed by atoms with E-state index in [1.54, 1.807) is 0 Å². The van der Waals surface area contributed by atoms with Crippen LogP contribution in [0, 0.1) is 11.8 Å². The zero-order valence-electron chi connectivity index (χ0n) is 12.0. The third-order valence-electron chi connectivity index (χ3n) is 3.27. The molecule has 0 aromatic heterocycles. The Balaban J connectivity index is 4.15. The van der Waals surface area contributed by atoms with Gasteiger partial charge in [-0.25, -0.2) is 8.42 Å². The molecule has 0 aromatic rings. The van der Waals surface area contributed by atoms with Crippen LogP contribution >= 0.6 is 0 Å². The monoisotopic (exact) mass is 263 g/mol. The Morgan fingerprint density at radius 2 is 1.76 bits per heavy atom. The molecule has 0 spiro atoms. The average Bonchev–Trinajstić information content (AvgIpc) is 2.19. The topological polar surface area (TPSA) is 46.2 Å². The maximum atomic E-state index is 11.1. The molecule has 104 valence electrons. The van der Waals surface area contributed by atoms with Crippen molar-refractivity contribution < 1.29 is 8.42 Å². The Kier molecular flexibility index (Phi) is 8.05. The van der Waals surface area contributed by atoms with Gasteiger partial charge >= 0.3 is 0 Å². The van der Waals surface area contributed by atoms with Crippen molar-refractivity contribution in [3.8, 4) is 0 Å². The molecule has 0 rings (SSSR count). The number of hydrogen-bond donors (Lipinski definition) is 1. The second-order valence-corrected chi connectivity index (χ2v) is 7.68. The van der Waals surface area contributed by atoms with Crippen LogP contribution in [0.2, 0.25) is 0 Å². The second kappa shape index (κ2) is 8.09. The van der Waals surface area contributed by atoms with E-state index in [1.807, 2.05) is 0 Å². The van der Waals surface area contributed by atoms with Gasteiger partial charge in [-0.3, -0.25) is 0 Å². The van der Waals surface area contributed by atoms with Crippen molar-refractivity contribution in [3.05, 3.63) is 0 Å². The minimum atomic E-state index is -2.81. The Morgan fingerprint density at radius 1 is 1.18 bits per heavy atom. The molecule has 3 nitrogen and oxygen atoms in total. The molecule has 0 radical (unpaired) electrons. The van der Waals surface area contributed by atoms with Crippen molar-refractivity contribution in [2.45, 2.75) is 53.0 Å². The molecule has 2 atom stereocenters. The molecule has 0 aliphatic heterocycles. The summed E-state index contributed by atoms with van der Waals surface area (Å²) in [6.45, 7) is 9.84. The molecule has 0 heterocycles. The highest BCUT2D eigenvalue weighted by Gasteiger charge is 2.20. The fourth-order valence-electron chi connectivity index (χ4n) is 2.27. The van der Waals surface area contributed by atoms with E-state index in [9.17, 15) is 8.42 Å². The van der Waals surface area contributed by atoms with E-state index in [4.69, 9.17) is 0 Å². The molecular formula is C13H29NO2S. The molecule has 0 aliphatic carbocycles. The molecule has 2 unspecified atom stereocenters. The number of hydrogen-bond acceptors (Lipinski definition) is 3. The SMILES string of the molecule is CCCNC(C)C(CCCS(C)(=O)=O)C(C)C. The van der Waals surface area contributed by atoms with E-state index in [1.165, 1.54) is 6.26 Å². The van der Waals surface area contributed by atoms with E-state index in [2.05, 4.69) is 33.0 Å². The summed E-state index contributed by atoms with van der Waals surface area (Å²) in [4.78, 5) is 0. The first-order valence-corrected chi connectivity index (χ1v) is 8.75. The Morgan fingerprint density at radius 3 is 2.18 bits per heavy atom. The normalized spacial score (nSPS) is 16.1. The van der Waals surface area contributed by atoms with E-state index in [-0.39, 0.29) is 0 Å². The Bertz CT molecular complexity index is 286. The molecular weight excluding hydrogens is 234 g/mol. The van der Waals surface area contributed by atoms with Gasteiger partial charge in [0.05, 0.1) is 0 Å². The van der Waals surface area contributed by atoms with Crippen molar-refractivity contribution in [2.24, 2.45) is 11.8 Å². The lowest BCUT2D eigenvalue weighted by molar-refractivity contribution is 0.272. The lowest BCUT2D eigenvalue weighted by Gasteiger charge is -2.28. The summed E-state index contributed by atoms with van der Waals surface area (Å²) in [5, 5.41) is 3.51. The molecule has 4 heteroatoms. The molecule has 0 amide bonds. The van der Waals surface area contributed by atoms with Crippen LogP contribution in [0.3, 0.4) is 0 Å². The fraction of sp³-hybridized carbons (Fsp3) is 1.00. The summed E-state index contributed by atoms with van der Waals surface area (Å²) in [7, 11) is -2.81. The van der Waals surface area contributed by atoms with Crippen LogP contribution in [0.1, 0.15) is 47.0 Å². The van der Waals surface area contributed by atoms with Gasteiger partial charge < -0.3 is 5.32 Å². The summed E-state index contributed by atoms with van der Waals surface area (Å²) < 4.78 is 22.2. The predicted octanol–water partition coefficient (Wildman–Crippen LogP) is 2.47. The molecule has 0 bridgehead atoms. The van der Waals surface area contributed by atoms with E-state index < -0.39 is 9.84 Å². The minimum absolute atomic E-state index is 0.316. The summed E-state index contributed by atoms with van der Waals surface area (Å²) in [5.74, 6) is 1.47. The van der Waals surface area contributed by atoms with Crippen LogP contribution in [0.15, 0.2) is 0 Å². The summed E-state index contributed by atoms with van der Waals surface area (Å²) in [6.07, 6.45) is 4.22. The second-order valence-electron chi connectivity index (χ2n) is 5.42. The molecule has 17 heavy (non-hydrogen) atoms. The molecule has 0 fully saturated rings. The maximum Gasteiger partial charge on any atom is 0.147 e. The van der Waals surface area contributed by atoms with Gasteiger partial charge in [0, 0.05) is 18.1 Å². The average molecular weight is 263 g/mol. The van der Waals surface area contributed by atoms with Crippen LogP contribution in [0.25, 0.3) is 0 Å². The van der Waals surface area contributed by atoms with Gasteiger partial charge in [-0.1, -0.05) is 20.8 Å². The highest BCUT2D eigenvalue weighted by atomic mass is 32.2. The standard InChI is InChI=1S/C13H29NO2S/c1-6-9-14-12(4)13(11(2)3)8-7-10-17(5,15)16/h11-14H,6-10H2,1-5H3. The van der Waals surface area contributed by atoms with Crippen LogP contribution < -0.4 is 5.32 Å². The lowest BCUT2D eigenvalue weighted by atomic mass is 9.85. The third-order valence-corrected chi connectivity index (χ3v) is 4.30. The van der Waals surface area contributed by atoms with Gasteiger partial charge in [-0.05, 0) is 44.6 Å². The number of sulfone groups is 1. The van der Waals surface area contributed by atoms with Gasteiger partial charge in [0.15, 0.2) is 0 Å².